The Hall–Kier alpha value is -2.17. The van der Waals surface area contributed by atoms with E-state index < -0.39 is 0 Å². The van der Waals surface area contributed by atoms with Crippen LogP contribution in [0.4, 0.5) is 5.69 Å². The molecule has 2 heterocycles. The van der Waals surface area contributed by atoms with Crippen molar-refractivity contribution in [2.45, 2.75) is 20.3 Å². The summed E-state index contributed by atoms with van der Waals surface area (Å²) in [6.45, 7) is 3.62. The lowest BCUT2D eigenvalue weighted by Crippen LogP contribution is -2.15. The first kappa shape index (κ1) is 11.3. The van der Waals surface area contributed by atoms with Crippen molar-refractivity contribution in [1.82, 2.24) is 10.1 Å². The van der Waals surface area contributed by atoms with Crippen molar-refractivity contribution >= 4 is 11.6 Å². The number of pyridine rings is 1. The van der Waals surface area contributed by atoms with E-state index in [1.54, 1.807) is 31.5 Å². The highest BCUT2D eigenvalue weighted by Gasteiger charge is 2.13. The lowest BCUT2D eigenvalue weighted by Gasteiger charge is -2.03. The van der Waals surface area contributed by atoms with E-state index in [-0.39, 0.29) is 12.3 Å². The maximum Gasteiger partial charge on any atom is 0.229 e. The molecule has 0 atom stereocenters. The first-order valence-electron chi connectivity index (χ1n) is 5.28. The van der Waals surface area contributed by atoms with Gasteiger partial charge in [-0.1, -0.05) is 5.16 Å². The Morgan fingerprint density at radius 2 is 2.29 bits per heavy atom. The van der Waals surface area contributed by atoms with Crippen molar-refractivity contribution < 1.29 is 9.32 Å². The first-order chi connectivity index (χ1) is 8.16. The van der Waals surface area contributed by atoms with Gasteiger partial charge in [-0.05, 0) is 26.0 Å². The second-order valence-corrected chi connectivity index (χ2v) is 3.77. The van der Waals surface area contributed by atoms with Crippen LogP contribution in [0.25, 0.3) is 0 Å². The third-order valence-corrected chi connectivity index (χ3v) is 2.46. The Balaban J connectivity index is 2.03. The first-order valence-corrected chi connectivity index (χ1v) is 5.28. The van der Waals surface area contributed by atoms with Gasteiger partial charge < -0.3 is 9.84 Å². The van der Waals surface area contributed by atoms with Crippen LogP contribution in [0, 0.1) is 13.8 Å². The number of hydrogen-bond acceptors (Lipinski definition) is 4. The summed E-state index contributed by atoms with van der Waals surface area (Å²) in [6.07, 6.45) is 3.52. The van der Waals surface area contributed by atoms with E-state index >= 15 is 0 Å². The Morgan fingerprint density at radius 3 is 2.88 bits per heavy atom. The van der Waals surface area contributed by atoms with Gasteiger partial charge in [0.2, 0.25) is 5.91 Å². The highest BCUT2D eigenvalue weighted by Crippen LogP contribution is 2.13. The molecule has 0 unspecified atom stereocenters. The highest BCUT2D eigenvalue weighted by atomic mass is 16.5. The zero-order valence-electron chi connectivity index (χ0n) is 9.73. The Morgan fingerprint density at radius 1 is 1.47 bits per heavy atom. The van der Waals surface area contributed by atoms with E-state index in [0.29, 0.717) is 11.4 Å². The van der Waals surface area contributed by atoms with Crippen molar-refractivity contribution in [1.29, 1.82) is 0 Å². The average molecular weight is 231 g/mol. The van der Waals surface area contributed by atoms with Crippen LogP contribution in [0.15, 0.2) is 29.0 Å². The molecule has 5 nitrogen and oxygen atoms in total. The number of carbonyl (C=O) groups excluding carboxylic acids is 1. The maximum absolute atomic E-state index is 11.8. The van der Waals surface area contributed by atoms with Gasteiger partial charge in [-0.3, -0.25) is 9.78 Å². The normalized spacial score (nSPS) is 10.2. The number of nitrogens with zero attached hydrogens (tertiary/aromatic N) is 2. The second kappa shape index (κ2) is 4.78. The van der Waals surface area contributed by atoms with Crippen LogP contribution < -0.4 is 5.32 Å². The summed E-state index contributed by atoms with van der Waals surface area (Å²) in [5.41, 5.74) is 2.28. The summed E-state index contributed by atoms with van der Waals surface area (Å²) in [4.78, 5) is 15.7. The van der Waals surface area contributed by atoms with Crippen LogP contribution in [-0.2, 0) is 11.2 Å². The van der Waals surface area contributed by atoms with Crippen LogP contribution in [0.2, 0.25) is 0 Å². The molecule has 0 aromatic carbocycles. The fourth-order valence-electron chi connectivity index (χ4n) is 1.56. The van der Waals surface area contributed by atoms with Gasteiger partial charge in [0.15, 0.2) is 0 Å². The summed E-state index contributed by atoms with van der Waals surface area (Å²) in [5, 5.41) is 6.57. The SMILES string of the molecule is Cc1noc(C)c1CC(=O)Nc1cccnc1. The van der Waals surface area contributed by atoms with Crippen LogP contribution in [0.1, 0.15) is 17.0 Å². The zero-order valence-corrected chi connectivity index (χ0v) is 9.73. The van der Waals surface area contributed by atoms with Gasteiger partial charge >= 0.3 is 0 Å². The summed E-state index contributed by atoms with van der Waals surface area (Å²) in [7, 11) is 0. The molecule has 0 aliphatic carbocycles. The minimum Gasteiger partial charge on any atom is -0.361 e. The standard InChI is InChI=1S/C12H13N3O2/c1-8-11(9(2)17-15-8)6-12(16)14-10-4-3-5-13-7-10/h3-5,7H,6H2,1-2H3,(H,14,16). The van der Waals surface area contributed by atoms with Crippen LogP contribution in [0.3, 0.4) is 0 Å². The minimum atomic E-state index is -0.104. The van der Waals surface area contributed by atoms with Gasteiger partial charge in [-0.15, -0.1) is 0 Å². The molecule has 88 valence electrons. The van der Waals surface area contributed by atoms with E-state index in [4.69, 9.17) is 4.52 Å². The number of aromatic nitrogens is 2. The van der Waals surface area contributed by atoms with Crippen LogP contribution in [0.5, 0.6) is 0 Å². The molecular weight excluding hydrogens is 218 g/mol. The molecule has 2 aromatic heterocycles. The van der Waals surface area contributed by atoms with Crippen LogP contribution >= 0.6 is 0 Å². The Kier molecular flexibility index (Phi) is 3.18. The summed E-state index contributed by atoms with van der Waals surface area (Å²) in [6, 6.07) is 3.56. The third kappa shape index (κ3) is 2.69. The van der Waals surface area contributed by atoms with E-state index in [1.807, 2.05) is 6.92 Å². The molecule has 0 aliphatic rings. The number of carbonyl (C=O) groups is 1. The number of hydrogen-bond donors (Lipinski definition) is 1. The number of anilines is 1. The largest absolute Gasteiger partial charge is 0.361 e. The third-order valence-electron chi connectivity index (χ3n) is 2.46. The predicted octanol–water partition coefficient (Wildman–Crippen LogP) is 1.87. The summed E-state index contributed by atoms with van der Waals surface area (Å²) >= 11 is 0. The molecule has 1 amide bonds. The molecular formula is C12H13N3O2. The molecule has 1 N–H and O–H groups in total. The second-order valence-electron chi connectivity index (χ2n) is 3.77. The summed E-state index contributed by atoms with van der Waals surface area (Å²) < 4.78 is 5.00. The van der Waals surface area contributed by atoms with Crippen molar-refractivity contribution in [2.24, 2.45) is 0 Å². The van der Waals surface area contributed by atoms with Crippen molar-refractivity contribution in [3.8, 4) is 0 Å². The monoisotopic (exact) mass is 231 g/mol. The van der Waals surface area contributed by atoms with Gasteiger partial charge in [0.25, 0.3) is 0 Å². The fraction of sp³-hybridized carbons (Fsp3) is 0.250. The average Bonchev–Trinajstić information content (AvgIpc) is 2.62. The predicted molar refractivity (Wildman–Crippen MR) is 62.5 cm³/mol. The van der Waals surface area contributed by atoms with Crippen molar-refractivity contribution in [3.05, 3.63) is 41.5 Å². The molecule has 2 rings (SSSR count). The molecule has 0 saturated carbocycles. The van der Waals surface area contributed by atoms with Gasteiger partial charge in [0.1, 0.15) is 5.76 Å². The van der Waals surface area contributed by atoms with Gasteiger partial charge in [-0.25, -0.2) is 0 Å². The minimum absolute atomic E-state index is 0.104. The molecule has 0 spiro atoms. The number of aryl methyl sites for hydroxylation is 2. The molecule has 0 bridgehead atoms. The van der Waals surface area contributed by atoms with Gasteiger partial charge in [0, 0.05) is 11.8 Å². The molecule has 0 radical (unpaired) electrons. The Bertz CT molecular complexity index is 500. The van der Waals surface area contributed by atoms with Crippen molar-refractivity contribution in [2.75, 3.05) is 5.32 Å². The molecule has 0 fully saturated rings. The van der Waals surface area contributed by atoms with E-state index in [2.05, 4.69) is 15.5 Å². The smallest absolute Gasteiger partial charge is 0.229 e. The zero-order chi connectivity index (χ0) is 12.3. The number of amides is 1. The Labute approximate surface area is 98.8 Å². The lowest BCUT2D eigenvalue weighted by atomic mass is 10.1. The lowest BCUT2D eigenvalue weighted by molar-refractivity contribution is -0.115. The maximum atomic E-state index is 11.8. The molecule has 0 aliphatic heterocycles. The molecule has 17 heavy (non-hydrogen) atoms. The molecule has 2 aromatic rings. The van der Waals surface area contributed by atoms with Crippen molar-refractivity contribution in [3.63, 3.8) is 0 Å². The number of nitrogens with one attached hydrogen (secondary N) is 1. The molecule has 0 saturated heterocycles. The van der Waals surface area contributed by atoms with Gasteiger partial charge in [0.05, 0.1) is 24.0 Å². The topological polar surface area (TPSA) is 68.0 Å². The quantitative estimate of drug-likeness (QED) is 0.875. The van der Waals surface area contributed by atoms with Crippen LogP contribution in [-0.4, -0.2) is 16.0 Å². The fourth-order valence-corrected chi connectivity index (χ4v) is 1.56. The van der Waals surface area contributed by atoms with E-state index in [1.165, 1.54) is 0 Å². The van der Waals surface area contributed by atoms with E-state index in [9.17, 15) is 4.79 Å². The van der Waals surface area contributed by atoms with E-state index in [0.717, 1.165) is 11.3 Å². The summed E-state index contributed by atoms with van der Waals surface area (Å²) in [5.74, 6) is 0.580. The van der Waals surface area contributed by atoms with Gasteiger partial charge in [-0.2, -0.15) is 0 Å². The number of rotatable bonds is 3. The molecule has 5 heteroatoms. The highest BCUT2D eigenvalue weighted by molar-refractivity contribution is 5.92.